The van der Waals surface area contributed by atoms with Crippen LogP contribution in [0.5, 0.6) is 0 Å². The molecule has 0 aromatic carbocycles. The maximum absolute atomic E-state index is 12.7. The van der Waals surface area contributed by atoms with Gasteiger partial charge >= 0.3 is 5.97 Å². The third kappa shape index (κ3) is 12.3. The number of thiol groups is 1. The summed E-state index contributed by atoms with van der Waals surface area (Å²) in [5.41, 5.74) is 5.78. The van der Waals surface area contributed by atoms with Crippen LogP contribution in [0.2, 0.25) is 0 Å². The van der Waals surface area contributed by atoms with Gasteiger partial charge in [0.2, 0.25) is 23.6 Å². The van der Waals surface area contributed by atoms with Crippen molar-refractivity contribution in [2.75, 3.05) is 24.4 Å². The molecule has 13 nitrogen and oxygen atoms in total. The summed E-state index contributed by atoms with van der Waals surface area (Å²) in [4.78, 5) is 61.5. The lowest BCUT2D eigenvalue weighted by Gasteiger charge is -2.26. The molecule has 0 spiro atoms. The van der Waals surface area contributed by atoms with E-state index in [1.165, 1.54) is 18.7 Å². The lowest BCUT2D eigenvalue weighted by molar-refractivity contribution is -0.142. The minimum absolute atomic E-state index is 0.0214. The Hall–Kier alpha value is -2.07. The summed E-state index contributed by atoms with van der Waals surface area (Å²) in [7, 11) is 0. The van der Waals surface area contributed by atoms with E-state index in [0.29, 0.717) is 12.2 Å². The van der Waals surface area contributed by atoms with Crippen molar-refractivity contribution in [2.45, 2.75) is 69.9 Å². The van der Waals surface area contributed by atoms with Gasteiger partial charge in [0.25, 0.3) is 0 Å². The summed E-state index contributed by atoms with van der Waals surface area (Å²) >= 11 is 5.50. The average molecular weight is 554 g/mol. The number of aliphatic hydroxyl groups excluding tert-OH is 2. The Labute approximate surface area is 220 Å². The first-order chi connectivity index (χ1) is 16.8. The number of amides is 4. The molecule has 0 aliphatic heterocycles. The minimum atomic E-state index is -1.54. The molecule has 15 heteroatoms. The Kier molecular flexibility index (Phi) is 16.4. The van der Waals surface area contributed by atoms with Gasteiger partial charge in [-0.05, 0) is 37.7 Å². The predicted octanol–water partition coefficient (Wildman–Crippen LogP) is -2.56. The molecule has 0 unspecified atom stereocenters. The summed E-state index contributed by atoms with van der Waals surface area (Å²) in [6, 6.07) is -6.35. The summed E-state index contributed by atoms with van der Waals surface area (Å²) < 4.78 is 0. The van der Waals surface area contributed by atoms with Gasteiger partial charge in [-0.15, -0.1) is 0 Å². The number of thioether (sulfide) groups is 1. The molecular formula is C21H39N5O8S2. The van der Waals surface area contributed by atoms with Crippen molar-refractivity contribution in [2.24, 2.45) is 11.7 Å². The van der Waals surface area contributed by atoms with Crippen LogP contribution in [0, 0.1) is 5.92 Å². The molecular weight excluding hydrogens is 514 g/mol. The maximum Gasteiger partial charge on any atom is 0.326 e. The molecule has 0 aliphatic carbocycles. The van der Waals surface area contributed by atoms with Crippen LogP contribution in [-0.4, -0.2) is 106 Å². The number of carbonyl (C=O) groups excluding carboxylic acids is 4. The molecule has 0 aromatic rings. The Bertz CT molecular complexity index is 756. The van der Waals surface area contributed by atoms with Crippen LogP contribution < -0.4 is 27.0 Å². The van der Waals surface area contributed by atoms with E-state index in [9.17, 15) is 39.3 Å². The van der Waals surface area contributed by atoms with Crippen LogP contribution in [0.25, 0.3) is 0 Å². The van der Waals surface area contributed by atoms with Gasteiger partial charge in [0, 0.05) is 5.75 Å². The van der Waals surface area contributed by atoms with Crippen LogP contribution in [-0.2, 0) is 24.0 Å². The van der Waals surface area contributed by atoms with Gasteiger partial charge in [-0.3, -0.25) is 19.2 Å². The van der Waals surface area contributed by atoms with Crippen molar-refractivity contribution >= 4 is 54.0 Å². The molecule has 0 radical (unpaired) electrons. The first-order valence-electron chi connectivity index (χ1n) is 11.4. The molecule has 0 aliphatic rings. The third-order valence-electron chi connectivity index (χ3n) is 4.99. The molecule has 0 saturated carbocycles. The quantitative estimate of drug-likeness (QED) is 0.0857. The van der Waals surface area contributed by atoms with E-state index in [4.69, 9.17) is 5.73 Å². The molecule has 36 heavy (non-hydrogen) atoms. The van der Waals surface area contributed by atoms with Crippen LogP contribution in [0.1, 0.15) is 33.6 Å². The molecule has 0 heterocycles. The molecule has 0 aromatic heterocycles. The number of hydrogen-bond donors (Lipinski definition) is 9. The Balaban J connectivity index is 5.26. The predicted molar refractivity (Wildman–Crippen MR) is 138 cm³/mol. The van der Waals surface area contributed by atoms with Gasteiger partial charge in [0.15, 0.2) is 0 Å². The topological polar surface area (TPSA) is 220 Å². The average Bonchev–Trinajstić information content (AvgIpc) is 2.80. The number of carboxylic acids is 1. The number of aliphatic carboxylic acids is 1. The van der Waals surface area contributed by atoms with E-state index in [0.717, 1.165) is 0 Å². The van der Waals surface area contributed by atoms with Gasteiger partial charge in [-0.2, -0.15) is 24.4 Å². The molecule has 0 saturated heterocycles. The number of nitrogens with two attached hydrogens (primary N) is 1. The number of carbonyl (C=O) groups is 5. The lowest BCUT2D eigenvalue weighted by atomic mass is 10.0. The van der Waals surface area contributed by atoms with E-state index in [1.54, 1.807) is 13.8 Å². The second-order valence-electron chi connectivity index (χ2n) is 8.63. The molecule has 0 rings (SSSR count). The van der Waals surface area contributed by atoms with Crippen LogP contribution >= 0.6 is 24.4 Å². The fourth-order valence-electron chi connectivity index (χ4n) is 2.93. The smallest absolute Gasteiger partial charge is 0.326 e. The van der Waals surface area contributed by atoms with E-state index in [2.05, 4.69) is 33.9 Å². The van der Waals surface area contributed by atoms with Gasteiger partial charge in [0.1, 0.15) is 24.2 Å². The Morgan fingerprint density at radius 2 is 1.42 bits per heavy atom. The highest BCUT2D eigenvalue weighted by molar-refractivity contribution is 7.98. The summed E-state index contributed by atoms with van der Waals surface area (Å²) in [6.45, 7) is 3.96. The SMILES string of the molecule is CSCC[C@H](N)C(=O)N[C@H](C(=O)N[C@@H](CO)C(=O)N[C@@H](CS)C(=O)N[C@@H](CC(C)C)C(=O)O)[C@@H](C)O. The van der Waals surface area contributed by atoms with Gasteiger partial charge in [0.05, 0.1) is 18.8 Å². The first-order valence-corrected chi connectivity index (χ1v) is 13.4. The van der Waals surface area contributed by atoms with Crippen LogP contribution in [0.15, 0.2) is 0 Å². The highest BCUT2D eigenvalue weighted by atomic mass is 32.2. The summed E-state index contributed by atoms with van der Waals surface area (Å²) in [5, 5.41) is 38.1. The molecule has 0 bridgehead atoms. The number of carboxylic acid groups (broad SMARTS) is 1. The second kappa shape index (κ2) is 17.4. The molecule has 0 fully saturated rings. The van der Waals surface area contributed by atoms with Crippen molar-refractivity contribution in [1.82, 2.24) is 21.3 Å². The second-order valence-corrected chi connectivity index (χ2v) is 9.98. The van der Waals surface area contributed by atoms with Crippen molar-refractivity contribution in [1.29, 1.82) is 0 Å². The van der Waals surface area contributed by atoms with Crippen molar-refractivity contribution < 1.29 is 39.3 Å². The third-order valence-corrected chi connectivity index (χ3v) is 5.99. The van der Waals surface area contributed by atoms with Crippen molar-refractivity contribution in [3.05, 3.63) is 0 Å². The minimum Gasteiger partial charge on any atom is -0.480 e. The number of hydrogen-bond acceptors (Lipinski definition) is 10. The van der Waals surface area contributed by atoms with E-state index >= 15 is 0 Å². The van der Waals surface area contributed by atoms with E-state index in [1.807, 2.05) is 6.26 Å². The highest BCUT2D eigenvalue weighted by Crippen LogP contribution is 2.06. The fraction of sp³-hybridized carbons (Fsp3) is 0.762. The van der Waals surface area contributed by atoms with E-state index in [-0.39, 0.29) is 18.1 Å². The Morgan fingerprint density at radius 3 is 1.86 bits per heavy atom. The van der Waals surface area contributed by atoms with Gasteiger partial charge in [-0.25, -0.2) is 4.79 Å². The van der Waals surface area contributed by atoms with Crippen molar-refractivity contribution in [3.63, 3.8) is 0 Å². The van der Waals surface area contributed by atoms with Gasteiger partial charge in [-0.1, -0.05) is 13.8 Å². The fourth-order valence-corrected chi connectivity index (χ4v) is 3.68. The van der Waals surface area contributed by atoms with E-state index < -0.39 is 72.5 Å². The molecule has 208 valence electrons. The first kappa shape index (κ1) is 33.9. The zero-order valence-corrected chi connectivity index (χ0v) is 22.6. The normalized spacial score (nSPS) is 16.1. The highest BCUT2D eigenvalue weighted by Gasteiger charge is 2.32. The number of rotatable bonds is 17. The van der Waals surface area contributed by atoms with Gasteiger partial charge < -0.3 is 42.3 Å². The number of nitrogens with one attached hydrogen (secondary N) is 4. The van der Waals surface area contributed by atoms with Crippen LogP contribution in [0.4, 0.5) is 0 Å². The maximum atomic E-state index is 12.7. The standard InChI is InChI=1S/C21H39N5O8S2/c1-10(2)7-13(21(33)34)23-19(31)15(9-35)25-18(30)14(8-27)24-20(32)16(11(3)28)26-17(29)12(22)5-6-36-4/h10-16,27-28,35H,5-9,22H2,1-4H3,(H,23,31)(H,24,32)(H,25,30)(H,26,29)(H,33,34)/t11-,12+,13+,14+,15+,16+/m1/s1. The van der Waals surface area contributed by atoms with Crippen molar-refractivity contribution in [3.8, 4) is 0 Å². The zero-order chi connectivity index (χ0) is 28.0. The molecule has 4 amide bonds. The molecule has 9 N–H and O–H groups in total. The largest absolute Gasteiger partial charge is 0.480 e. The van der Waals surface area contributed by atoms with Crippen LogP contribution in [0.3, 0.4) is 0 Å². The lowest BCUT2D eigenvalue weighted by Crippen LogP contribution is -2.61. The Morgan fingerprint density at radius 1 is 0.889 bits per heavy atom. The molecule has 6 atom stereocenters. The summed E-state index contributed by atoms with van der Waals surface area (Å²) in [5.74, 6) is -4.23. The monoisotopic (exact) mass is 553 g/mol. The zero-order valence-electron chi connectivity index (χ0n) is 20.9. The summed E-state index contributed by atoms with van der Waals surface area (Å²) in [6.07, 6.45) is 0.996. The number of aliphatic hydroxyl groups is 2.